The van der Waals surface area contributed by atoms with E-state index in [0.29, 0.717) is 42.9 Å². The minimum Gasteiger partial charge on any atom is -0.356 e. The quantitative estimate of drug-likeness (QED) is 0.488. The monoisotopic (exact) mass is 418 g/mol. The van der Waals surface area contributed by atoms with Gasteiger partial charge in [0.05, 0.1) is 5.56 Å². The first kappa shape index (κ1) is 21.3. The Bertz CT molecular complexity index is 970. The molecule has 0 fully saturated rings. The molecule has 0 bridgehead atoms. The van der Waals surface area contributed by atoms with E-state index in [4.69, 9.17) is 4.52 Å². The molecule has 0 aliphatic heterocycles. The topological polar surface area (TPSA) is 79.4 Å². The second-order valence-corrected chi connectivity index (χ2v) is 6.51. The van der Waals surface area contributed by atoms with Crippen molar-refractivity contribution in [2.45, 2.75) is 19.1 Å². The zero-order valence-corrected chi connectivity index (χ0v) is 16.5. The Hall–Kier alpha value is -3.43. The van der Waals surface area contributed by atoms with Crippen LogP contribution in [0.15, 0.2) is 58.2 Å². The lowest BCUT2D eigenvalue weighted by molar-refractivity contribution is -0.137. The molecule has 0 aliphatic rings. The number of alkyl halides is 3. The van der Waals surface area contributed by atoms with Gasteiger partial charge in [0.2, 0.25) is 0 Å². The average molecular weight is 418 g/mol. The number of hydrogen-bond donors (Lipinski definition) is 1. The van der Waals surface area contributed by atoms with Crippen molar-refractivity contribution in [1.29, 1.82) is 0 Å². The Labute approximate surface area is 171 Å². The van der Waals surface area contributed by atoms with Crippen LogP contribution in [0.25, 0.3) is 11.6 Å². The standard InChI is InChI=1S/C20H21F3N6O/c1-24-19(29(2)13-14-6-8-15(9-7-14)20(21,22)23)26-12-10-17-27-18(30-28-17)16-5-3-4-11-25-16/h3-9,11H,10,12-13H2,1-2H3,(H,24,26). The molecule has 3 rings (SSSR count). The molecule has 0 amide bonds. The fourth-order valence-electron chi connectivity index (χ4n) is 2.77. The van der Waals surface area contributed by atoms with E-state index in [1.54, 1.807) is 32.4 Å². The van der Waals surface area contributed by atoms with Gasteiger partial charge in [-0.2, -0.15) is 18.2 Å². The number of guanidine groups is 1. The van der Waals surface area contributed by atoms with Crippen molar-refractivity contribution in [3.05, 3.63) is 65.6 Å². The molecule has 2 heterocycles. The number of benzene rings is 1. The van der Waals surface area contributed by atoms with Gasteiger partial charge in [0.25, 0.3) is 5.89 Å². The highest BCUT2D eigenvalue weighted by atomic mass is 19.4. The summed E-state index contributed by atoms with van der Waals surface area (Å²) in [5.41, 5.74) is 0.685. The van der Waals surface area contributed by atoms with E-state index in [1.807, 2.05) is 11.0 Å². The van der Waals surface area contributed by atoms with Gasteiger partial charge in [-0.25, -0.2) is 0 Å². The zero-order valence-electron chi connectivity index (χ0n) is 16.5. The highest BCUT2D eigenvalue weighted by Gasteiger charge is 2.29. The lowest BCUT2D eigenvalue weighted by Crippen LogP contribution is -2.39. The van der Waals surface area contributed by atoms with E-state index >= 15 is 0 Å². The molecule has 1 N–H and O–H groups in total. The third-order valence-corrected chi connectivity index (χ3v) is 4.26. The Morgan fingerprint density at radius 2 is 1.93 bits per heavy atom. The van der Waals surface area contributed by atoms with Gasteiger partial charge in [0.1, 0.15) is 5.69 Å². The first-order chi connectivity index (χ1) is 14.4. The van der Waals surface area contributed by atoms with E-state index in [2.05, 4.69) is 25.4 Å². The molecule has 2 aromatic heterocycles. The molecule has 0 radical (unpaired) electrons. The van der Waals surface area contributed by atoms with Gasteiger partial charge in [0, 0.05) is 39.8 Å². The Balaban J connectivity index is 1.51. The van der Waals surface area contributed by atoms with Gasteiger partial charge in [-0.15, -0.1) is 0 Å². The normalized spacial score (nSPS) is 12.1. The second-order valence-electron chi connectivity index (χ2n) is 6.51. The van der Waals surface area contributed by atoms with Crippen molar-refractivity contribution >= 4 is 5.96 Å². The van der Waals surface area contributed by atoms with Gasteiger partial charge >= 0.3 is 6.18 Å². The van der Waals surface area contributed by atoms with Gasteiger partial charge in [0.15, 0.2) is 11.8 Å². The van der Waals surface area contributed by atoms with Crippen LogP contribution in [-0.2, 0) is 19.1 Å². The van der Waals surface area contributed by atoms with E-state index in [0.717, 1.165) is 17.7 Å². The molecule has 7 nitrogen and oxygen atoms in total. The zero-order chi connectivity index (χ0) is 21.6. The van der Waals surface area contributed by atoms with Crippen molar-refractivity contribution in [3.63, 3.8) is 0 Å². The minimum absolute atomic E-state index is 0.356. The third-order valence-electron chi connectivity index (χ3n) is 4.26. The minimum atomic E-state index is -4.34. The maximum Gasteiger partial charge on any atom is 0.416 e. The molecular weight excluding hydrogens is 397 g/mol. The van der Waals surface area contributed by atoms with Gasteiger partial charge in [-0.05, 0) is 29.8 Å². The molecule has 0 aliphatic carbocycles. The van der Waals surface area contributed by atoms with Crippen molar-refractivity contribution in [2.24, 2.45) is 4.99 Å². The third kappa shape index (κ3) is 5.56. The van der Waals surface area contributed by atoms with Gasteiger partial charge < -0.3 is 14.7 Å². The fourth-order valence-corrected chi connectivity index (χ4v) is 2.77. The van der Waals surface area contributed by atoms with Crippen LogP contribution in [0.3, 0.4) is 0 Å². The predicted octanol–water partition coefficient (Wildman–Crippen LogP) is 3.40. The van der Waals surface area contributed by atoms with E-state index < -0.39 is 11.7 Å². The molecule has 30 heavy (non-hydrogen) atoms. The summed E-state index contributed by atoms with van der Waals surface area (Å²) in [5, 5.41) is 7.13. The van der Waals surface area contributed by atoms with Gasteiger partial charge in [-0.3, -0.25) is 9.98 Å². The van der Waals surface area contributed by atoms with Gasteiger partial charge in [-0.1, -0.05) is 23.4 Å². The molecule has 10 heteroatoms. The summed E-state index contributed by atoms with van der Waals surface area (Å²) in [6.07, 6.45) is -2.19. The number of aromatic nitrogens is 3. The Morgan fingerprint density at radius 3 is 2.57 bits per heavy atom. The summed E-state index contributed by atoms with van der Waals surface area (Å²) in [5.74, 6) is 1.49. The first-order valence-corrected chi connectivity index (χ1v) is 9.18. The van der Waals surface area contributed by atoms with E-state index in [1.165, 1.54) is 12.1 Å². The second kappa shape index (κ2) is 9.38. The van der Waals surface area contributed by atoms with Crippen LogP contribution in [0.4, 0.5) is 13.2 Å². The lowest BCUT2D eigenvalue weighted by Gasteiger charge is -2.22. The summed E-state index contributed by atoms with van der Waals surface area (Å²) in [4.78, 5) is 14.5. The number of hydrogen-bond acceptors (Lipinski definition) is 5. The van der Waals surface area contributed by atoms with Crippen molar-refractivity contribution in [1.82, 2.24) is 25.3 Å². The number of rotatable bonds is 6. The van der Waals surface area contributed by atoms with E-state index in [-0.39, 0.29) is 0 Å². The van der Waals surface area contributed by atoms with Crippen molar-refractivity contribution < 1.29 is 17.7 Å². The maximum atomic E-state index is 12.7. The number of pyridine rings is 1. The summed E-state index contributed by atoms with van der Waals surface area (Å²) in [6.45, 7) is 0.912. The van der Waals surface area contributed by atoms with E-state index in [9.17, 15) is 13.2 Å². The van der Waals surface area contributed by atoms with Crippen molar-refractivity contribution in [2.75, 3.05) is 20.6 Å². The number of nitrogens with zero attached hydrogens (tertiary/aromatic N) is 5. The largest absolute Gasteiger partial charge is 0.416 e. The maximum absolute atomic E-state index is 12.7. The summed E-state index contributed by atoms with van der Waals surface area (Å²) >= 11 is 0. The predicted molar refractivity (Wildman–Crippen MR) is 106 cm³/mol. The van der Waals surface area contributed by atoms with Crippen LogP contribution in [0.1, 0.15) is 17.0 Å². The SMILES string of the molecule is CN=C(NCCc1noc(-c2ccccn2)n1)N(C)Cc1ccc(C(F)(F)F)cc1. The lowest BCUT2D eigenvalue weighted by atomic mass is 10.1. The number of aliphatic imine (C=N–C) groups is 1. The molecule has 158 valence electrons. The first-order valence-electron chi connectivity index (χ1n) is 9.18. The highest BCUT2D eigenvalue weighted by molar-refractivity contribution is 5.79. The highest BCUT2D eigenvalue weighted by Crippen LogP contribution is 2.29. The van der Waals surface area contributed by atoms with Crippen LogP contribution in [0, 0.1) is 0 Å². The Kier molecular flexibility index (Phi) is 6.65. The number of halogens is 3. The van der Waals surface area contributed by atoms with Crippen LogP contribution >= 0.6 is 0 Å². The molecule has 0 saturated heterocycles. The summed E-state index contributed by atoms with van der Waals surface area (Å²) < 4.78 is 43.3. The summed E-state index contributed by atoms with van der Waals surface area (Å²) in [6, 6.07) is 10.5. The fraction of sp³-hybridized carbons (Fsp3) is 0.300. The summed E-state index contributed by atoms with van der Waals surface area (Å²) in [7, 11) is 3.44. The van der Waals surface area contributed by atoms with Crippen LogP contribution < -0.4 is 5.32 Å². The Morgan fingerprint density at radius 1 is 1.17 bits per heavy atom. The van der Waals surface area contributed by atoms with Crippen LogP contribution in [0.5, 0.6) is 0 Å². The molecule has 0 unspecified atom stereocenters. The number of nitrogens with one attached hydrogen (secondary N) is 1. The smallest absolute Gasteiger partial charge is 0.356 e. The molecular formula is C20H21F3N6O. The molecule has 0 saturated carbocycles. The average Bonchev–Trinajstić information content (AvgIpc) is 3.20. The molecule has 0 atom stereocenters. The molecule has 1 aromatic carbocycles. The van der Waals surface area contributed by atoms with Crippen molar-refractivity contribution in [3.8, 4) is 11.6 Å². The van der Waals surface area contributed by atoms with Crippen LogP contribution in [-0.4, -0.2) is 46.6 Å². The van der Waals surface area contributed by atoms with Crippen LogP contribution in [0.2, 0.25) is 0 Å². The molecule has 0 spiro atoms. The molecule has 3 aromatic rings.